The lowest BCUT2D eigenvalue weighted by atomic mass is 10.0. The van der Waals surface area contributed by atoms with Gasteiger partial charge in [-0.15, -0.1) is 0 Å². The van der Waals surface area contributed by atoms with E-state index < -0.39 is 0 Å². The average Bonchev–Trinajstić information content (AvgIpc) is 2.44. The summed E-state index contributed by atoms with van der Waals surface area (Å²) < 4.78 is 10.6. The van der Waals surface area contributed by atoms with E-state index in [1.54, 1.807) is 14.2 Å². The molecule has 0 saturated heterocycles. The number of benzene rings is 1. The van der Waals surface area contributed by atoms with Gasteiger partial charge in [0.25, 0.3) is 0 Å². The van der Waals surface area contributed by atoms with Gasteiger partial charge in [0.1, 0.15) is 0 Å². The molecule has 1 aromatic rings. The molecule has 3 heteroatoms. The molecule has 2 atom stereocenters. The summed E-state index contributed by atoms with van der Waals surface area (Å²) in [6.45, 7) is 7.80. The van der Waals surface area contributed by atoms with Crippen LogP contribution in [0.3, 0.4) is 0 Å². The van der Waals surface area contributed by atoms with Crippen LogP contribution in [0.2, 0.25) is 0 Å². The van der Waals surface area contributed by atoms with Gasteiger partial charge in [0, 0.05) is 6.04 Å². The summed E-state index contributed by atoms with van der Waals surface area (Å²) in [5.74, 6) is 2.31. The van der Waals surface area contributed by atoms with Crippen LogP contribution in [-0.4, -0.2) is 26.8 Å². The third-order valence-electron chi connectivity index (χ3n) is 3.50. The number of rotatable bonds is 8. The van der Waals surface area contributed by atoms with Gasteiger partial charge in [0.2, 0.25) is 0 Å². The van der Waals surface area contributed by atoms with Gasteiger partial charge in [-0.1, -0.05) is 26.3 Å². The summed E-state index contributed by atoms with van der Waals surface area (Å²) in [6.07, 6.45) is 2.22. The van der Waals surface area contributed by atoms with Gasteiger partial charge in [-0.05, 0) is 43.5 Å². The van der Waals surface area contributed by atoms with Crippen LogP contribution < -0.4 is 14.8 Å². The van der Waals surface area contributed by atoms with E-state index in [2.05, 4.69) is 38.2 Å². The van der Waals surface area contributed by atoms with Crippen LogP contribution in [0.15, 0.2) is 18.2 Å². The summed E-state index contributed by atoms with van der Waals surface area (Å²) in [6, 6.07) is 6.59. The Hall–Kier alpha value is -1.22. The van der Waals surface area contributed by atoms with Crippen molar-refractivity contribution in [3.8, 4) is 11.5 Å². The maximum Gasteiger partial charge on any atom is 0.160 e. The highest BCUT2D eigenvalue weighted by atomic mass is 16.5. The Morgan fingerprint density at radius 3 is 2.37 bits per heavy atom. The summed E-state index contributed by atoms with van der Waals surface area (Å²) in [5, 5.41) is 3.58. The minimum absolute atomic E-state index is 0.465. The Kier molecular flexibility index (Phi) is 6.71. The van der Waals surface area contributed by atoms with E-state index in [0.717, 1.165) is 30.4 Å². The molecule has 0 aliphatic heterocycles. The highest BCUT2D eigenvalue weighted by molar-refractivity contribution is 5.43. The molecular formula is C16H27NO2. The van der Waals surface area contributed by atoms with E-state index in [9.17, 15) is 0 Å². The standard InChI is InChI=1S/C16H27NO2/c1-6-12(2)11-17-13(3)9-14-7-8-15(18-4)16(10-14)19-5/h7-8,10,12-13,17H,6,9,11H2,1-5H3. The third-order valence-corrected chi connectivity index (χ3v) is 3.50. The van der Waals surface area contributed by atoms with Gasteiger partial charge in [-0.3, -0.25) is 0 Å². The van der Waals surface area contributed by atoms with Crippen LogP contribution in [0.4, 0.5) is 0 Å². The van der Waals surface area contributed by atoms with Crippen LogP contribution >= 0.6 is 0 Å². The molecule has 1 rings (SSSR count). The minimum Gasteiger partial charge on any atom is -0.493 e. The van der Waals surface area contributed by atoms with Crippen molar-refractivity contribution in [2.24, 2.45) is 5.92 Å². The lowest BCUT2D eigenvalue weighted by Crippen LogP contribution is -2.31. The first kappa shape index (κ1) is 15.8. The van der Waals surface area contributed by atoms with E-state index in [4.69, 9.17) is 9.47 Å². The lowest BCUT2D eigenvalue weighted by molar-refractivity contribution is 0.354. The van der Waals surface area contributed by atoms with Crippen molar-refractivity contribution in [3.63, 3.8) is 0 Å². The predicted octanol–water partition coefficient (Wildman–Crippen LogP) is 3.27. The third kappa shape index (κ3) is 5.11. The molecule has 108 valence electrons. The fraction of sp³-hybridized carbons (Fsp3) is 0.625. The summed E-state index contributed by atoms with van der Waals surface area (Å²) in [4.78, 5) is 0. The second kappa shape index (κ2) is 8.05. The highest BCUT2D eigenvalue weighted by Gasteiger charge is 2.08. The zero-order valence-electron chi connectivity index (χ0n) is 12.8. The summed E-state index contributed by atoms with van der Waals surface area (Å²) in [7, 11) is 3.33. The number of hydrogen-bond donors (Lipinski definition) is 1. The molecule has 0 amide bonds. The van der Waals surface area contributed by atoms with Crippen molar-refractivity contribution < 1.29 is 9.47 Å². The van der Waals surface area contributed by atoms with E-state index in [1.807, 2.05) is 6.07 Å². The van der Waals surface area contributed by atoms with Crippen molar-refractivity contribution in [2.45, 2.75) is 39.7 Å². The van der Waals surface area contributed by atoms with Gasteiger partial charge in [0.05, 0.1) is 14.2 Å². The number of methoxy groups -OCH3 is 2. The maximum atomic E-state index is 5.33. The van der Waals surface area contributed by atoms with E-state index in [-0.39, 0.29) is 0 Å². The Balaban J connectivity index is 2.56. The van der Waals surface area contributed by atoms with Gasteiger partial charge in [0.15, 0.2) is 11.5 Å². The van der Waals surface area contributed by atoms with E-state index >= 15 is 0 Å². The van der Waals surface area contributed by atoms with Gasteiger partial charge < -0.3 is 14.8 Å². The van der Waals surface area contributed by atoms with Gasteiger partial charge in [-0.2, -0.15) is 0 Å². The smallest absolute Gasteiger partial charge is 0.160 e. The molecule has 0 fully saturated rings. The van der Waals surface area contributed by atoms with Gasteiger partial charge >= 0.3 is 0 Å². The number of ether oxygens (including phenoxy) is 2. The number of nitrogens with one attached hydrogen (secondary N) is 1. The maximum absolute atomic E-state index is 5.33. The summed E-state index contributed by atoms with van der Waals surface area (Å²) >= 11 is 0. The van der Waals surface area contributed by atoms with Crippen LogP contribution in [0.5, 0.6) is 11.5 Å². The SMILES string of the molecule is CCC(C)CNC(C)Cc1ccc(OC)c(OC)c1. The normalized spacial score (nSPS) is 13.9. The van der Waals surface area contributed by atoms with E-state index in [0.29, 0.717) is 6.04 Å². The summed E-state index contributed by atoms with van der Waals surface area (Å²) in [5.41, 5.74) is 1.27. The quantitative estimate of drug-likeness (QED) is 0.782. The van der Waals surface area contributed by atoms with Crippen LogP contribution in [0.25, 0.3) is 0 Å². The molecular weight excluding hydrogens is 238 g/mol. The first-order valence-corrected chi connectivity index (χ1v) is 7.05. The molecule has 0 aliphatic rings. The second-order valence-corrected chi connectivity index (χ2v) is 5.22. The second-order valence-electron chi connectivity index (χ2n) is 5.22. The number of hydrogen-bond acceptors (Lipinski definition) is 3. The molecule has 3 nitrogen and oxygen atoms in total. The Morgan fingerprint density at radius 1 is 1.11 bits per heavy atom. The molecule has 1 aromatic carbocycles. The molecule has 0 aliphatic carbocycles. The molecule has 1 N–H and O–H groups in total. The molecule has 2 unspecified atom stereocenters. The molecule has 0 radical (unpaired) electrons. The molecule has 0 bridgehead atoms. The fourth-order valence-electron chi connectivity index (χ4n) is 1.98. The first-order chi connectivity index (χ1) is 9.10. The highest BCUT2D eigenvalue weighted by Crippen LogP contribution is 2.27. The van der Waals surface area contributed by atoms with Crippen molar-refractivity contribution in [3.05, 3.63) is 23.8 Å². The van der Waals surface area contributed by atoms with E-state index in [1.165, 1.54) is 12.0 Å². The molecule has 19 heavy (non-hydrogen) atoms. The van der Waals surface area contributed by atoms with Crippen molar-refractivity contribution in [1.29, 1.82) is 0 Å². The molecule has 0 aromatic heterocycles. The Morgan fingerprint density at radius 2 is 1.79 bits per heavy atom. The molecule has 0 spiro atoms. The minimum atomic E-state index is 0.465. The zero-order valence-corrected chi connectivity index (χ0v) is 12.8. The lowest BCUT2D eigenvalue weighted by Gasteiger charge is -2.17. The van der Waals surface area contributed by atoms with Crippen LogP contribution in [0, 0.1) is 5.92 Å². The monoisotopic (exact) mass is 265 g/mol. The Bertz CT molecular complexity index is 379. The topological polar surface area (TPSA) is 30.5 Å². The van der Waals surface area contributed by atoms with Crippen molar-refractivity contribution in [1.82, 2.24) is 5.32 Å². The molecule has 0 heterocycles. The van der Waals surface area contributed by atoms with Crippen molar-refractivity contribution >= 4 is 0 Å². The average molecular weight is 265 g/mol. The van der Waals surface area contributed by atoms with Gasteiger partial charge in [-0.25, -0.2) is 0 Å². The molecule has 0 saturated carbocycles. The zero-order chi connectivity index (χ0) is 14.3. The van der Waals surface area contributed by atoms with Crippen LogP contribution in [-0.2, 0) is 6.42 Å². The fourth-order valence-corrected chi connectivity index (χ4v) is 1.98. The predicted molar refractivity (Wildman–Crippen MR) is 80.2 cm³/mol. The largest absolute Gasteiger partial charge is 0.493 e. The van der Waals surface area contributed by atoms with Crippen molar-refractivity contribution in [2.75, 3.05) is 20.8 Å². The van der Waals surface area contributed by atoms with Crippen LogP contribution in [0.1, 0.15) is 32.8 Å². The Labute approximate surface area is 117 Å². The first-order valence-electron chi connectivity index (χ1n) is 7.05.